The molecular weight excluding hydrogens is 180 g/mol. The Balaban J connectivity index is 2.54. The molecule has 0 bridgehead atoms. The van der Waals surface area contributed by atoms with E-state index in [0.717, 1.165) is 11.3 Å². The lowest BCUT2D eigenvalue weighted by molar-refractivity contribution is -0.106. The van der Waals surface area contributed by atoms with Crippen molar-refractivity contribution in [2.24, 2.45) is 0 Å². The van der Waals surface area contributed by atoms with Crippen LogP contribution >= 0.6 is 11.8 Å². The van der Waals surface area contributed by atoms with Crippen molar-refractivity contribution < 1.29 is 4.79 Å². The van der Waals surface area contributed by atoms with E-state index in [-0.39, 0.29) is 5.12 Å². The number of thioether (sulfide) groups is 1. The molecule has 0 aliphatic heterocycles. The van der Waals surface area contributed by atoms with E-state index in [1.165, 1.54) is 11.8 Å². The van der Waals surface area contributed by atoms with Gasteiger partial charge in [-0.1, -0.05) is 55.1 Å². The summed E-state index contributed by atoms with van der Waals surface area (Å²) in [5.41, 5.74) is 1.06. The molecular formula is C11H12OS. The van der Waals surface area contributed by atoms with Crippen LogP contribution < -0.4 is 0 Å². The highest BCUT2D eigenvalue weighted by Gasteiger charge is 1.92. The molecule has 0 N–H and O–H groups in total. The molecule has 0 saturated heterocycles. The van der Waals surface area contributed by atoms with Crippen molar-refractivity contribution in [3.8, 4) is 0 Å². The van der Waals surface area contributed by atoms with Crippen molar-refractivity contribution >= 4 is 23.0 Å². The van der Waals surface area contributed by atoms with Crippen molar-refractivity contribution in [2.75, 3.05) is 5.75 Å². The summed E-state index contributed by atoms with van der Waals surface area (Å²) in [6.07, 6.45) is 3.45. The Bertz CT molecular complexity index is 290. The van der Waals surface area contributed by atoms with Gasteiger partial charge in [0.2, 0.25) is 5.12 Å². The highest BCUT2D eigenvalue weighted by atomic mass is 32.2. The topological polar surface area (TPSA) is 17.1 Å². The molecule has 1 nitrogen and oxygen atoms in total. The third-order valence-electron chi connectivity index (χ3n) is 1.50. The largest absolute Gasteiger partial charge is 0.282 e. The zero-order chi connectivity index (χ0) is 9.52. The van der Waals surface area contributed by atoms with Gasteiger partial charge in [0.25, 0.3) is 0 Å². The lowest BCUT2D eigenvalue weighted by atomic mass is 10.2. The van der Waals surface area contributed by atoms with Crippen LogP contribution in [0.1, 0.15) is 12.5 Å². The summed E-state index contributed by atoms with van der Waals surface area (Å²) in [5, 5.41) is 0.117. The molecule has 0 heterocycles. The van der Waals surface area contributed by atoms with Crippen LogP contribution in [0.5, 0.6) is 0 Å². The van der Waals surface area contributed by atoms with Gasteiger partial charge in [0, 0.05) is 0 Å². The van der Waals surface area contributed by atoms with Crippen LogP contribution in [0.15, 0.2) is 36.4 Å². The van der Waals surface area contributed by atoms with Crippen LogP contribution in [0.2, 0.25) is 0 Å². The number of rotatable bonds is 3. The molecule has 0 amide bonds. The first-order chi connectivity index (χ1) is 6.33. The van der Waals surface area contributed by atoms with Gasteiger partial charge in [-0.15, -0.1) is 0 Å². The molecule has 68 valence electrons. The van der Waals surface area contributed by atoms with Gasteiger partial charge in [0.1, 0.15) is 0 Å². The minimum Gasteiger partial charge on any atom is -0.282 e. The average molecular weight is 192 g/mol. The van der Waals surface area contributed by atoms with Gasteiger partial charge < -0.3 is 0 Å². The highest BCUT2D eigenvalue weighted by molar-refractivity contribution is 8.14. The lowest BCUT2D eigenvalue weighted by Crippen LogP contribution is -1.84. The Morgan fingerprint density at radius 1 is 1.38 bits per heavy atom. The van der Waals surface area contributed by atoms with E-state index in [2.05, 4.69) is 0 Å². The quantitative estimate of drug-likeness (QED) is 0.685. The monoisotopic (exact) mass is 192 g/mol. The molecule has 0 saturated carbocycles. The summed E-state index contributed by atoms with van der Waals surface area (Å²) in [6, 6.07) is 9.81. The SMILES string of the molecule is CCSC(=O)/C=C/c1ccccc1. The molecule has 0 aromatic heterocycles. The zero-order valence-electron chi connectivity index (χ0n) is 7.57. The van der Waals surface area contributed by atoms with E-state index in [9.17, 15) is 4.79 Å². The fourth-order valence-electron chi connectivity index (χ4n) is 0.919. The van der Waals surface area contributed by atoms with E-state index in [4.69, 9.17) is 0 Å². The van der Waals surface area contributed by atoms with Crippen molar-refractivity contribution in [3.05, 3.63) is 42.0 Å². The smallest absolute Gasteiger partial charge is 0.212 e. The molecule has 0 aliphatic carbocycles. The van der Waals surface area contributed by atoms with Gasteiger partial charge in [-0.25, -0.2) is 0 Å². The number of benzene rings is 1. The van der Waals surface area contributed by atoms with E-state index in [0.29, 0.717) is 0 Å². The van der Waals surface area contributed by atoms with E-state index < -0.39 is 0 Å². The van der Waals surface area contributed by atoms with E-state index in [1.54, 1.807) is 6.08 Å². The summed E-state index contributed by atoms with van der Waals surface area (Å²) in [5.74, 6) is 0.831. The minimum absolute atomic E-state index is 0.117. The number of carbonyl (C=O) groups is 1. The molecule has 0 fully saturated rings. The number of hydrogen-bond donors (Lipinski definition) is 0. The van der Waals surface area contributed by atoms with Gasteiger partial charge in [-0.05, 0) is 17.4 Å². The number of carbonyl (C=O) groups excluding carboxylic acids is 1. The van der Waals surface area contributed by atoms with Crippen LogP contribution in [0.3, 0.4) is 0 Å². The molecule has 0 radical (unpaired) electrons. The Kier molecular flexibility index (Phi) is 4.33. The maximum absolute atomic E-state index is 11.1. The second-order valence-electron chi connectivity index (χ2n) is 2.50. The van der Waals surface area contributed by atoms with E-state index >= 15 is 0 Å². The van der Waals surface area contributed by atoms with Gasteiger partial charge in [0.15, 0.2) is 0 Å². The van der Waals surface area contributed by atoms with Gasteiger partial charge >= 0.3 is 0 Å². The summed E-state index contributed by atoms with van der Waals surface area (Å²) in [4.78, 5) is 11.1. The summed E-state index contributed by atoms with van der Waals surface area (Å²) >= 11 is 1.32. The molecule has 0 spiro atoms. The zero-order valence-corrected chi connectivity index (χ0v) is 8.38. The summed E-state index contributed by atoms with van der Waals surface area (Å²) in [6.45, 7) is 1.97. The standard InChI is InChI=1S/C11H12OS/c1-2-13-11(12)9-8-10-6-4-3-5-7-10/h3-9H,2H2,1H3/b9-8+. The Morgan fingerprint density at radius 2 is 2.08 bits per heavy atom. The van der Waals surface area contributed by atoms with Gasteiger partial charge in [-0.3, -0.25) is 4.79 Å². The van der Waals surface area contributed by atoms with Crippen LogP contribution in [0.4, 0.5) is 0 Å². The molecule has 1 aromatic rings. The molecule has 13 heavy (non-hydrogen) atoms. The molecule has 0 unspecified atom stereocenters. The average Bonchev–Trinajstić information content (AvgIpc) is 2.17. The van der Waals surface area contributed by atoms with Crippen molar-refractivity contribution in [3.63, 3.8) is 0 Å². The predicted molar refractivity (Wildman–Crippen MR) is 58.6 cm³/mol. The maximum Gasteiger partial charge on any atom is 0.212 e. The fourth-order valence-corrected chi connectivity index (χ4v) is 1.37. The first-order valence-electron chi connectivity index (χ1n) is 4.23. The van der Waals surface area contributed by atoms with Crippen molar-refractivity contribution in [1.29, 1.82) is 0 Å². The normalized spacial score (nSPS) is 10.5. The predicted octanol–water partition coefficient (Wildman–Crippen LogP) is 2.98. The molecule has 1 aromatic carbocycles. The fraction of sp³-hybridized carbons (Fsp3) is 0.182. The molecule has 2 heteroatoms. The lowest BCUT2D eigenvalue weighted by Gasteiger charge is -1.91. The summed E-state index contributed by atoms with van der Waals surface area (Å²) < 4.78 is 0. The van der Waals surface area contributed by atoms with Gasteiger partial charge in [-0.2, -0.15) is 0 Å². The first kappa shape index (κ1) is 10.1. The van der Waals surface area contributed by atoms with Crippen LogP contribution in [-0.4, -0.2) is 10.9 Å². The Labute approximate surface area is 82.9 Å². The second kappa shape index (κ2) is 5.60. The highest BCUT2D eigenvalue weighted by Crippen LogP contribution is 2.05. The summed E-state index contributed by atoms with van der Waals surface area (Å²) in [7, 11) is 0. The Morgan fingerprint density at radius 3 is 2.69 bits per heavy atom. The van der Waals surface area contributed by atoms with Crippen LogP contribution in [0.25, 0.3) is 6.08 Å². The van der Waals surface area contributed by atoms with E-state index in [1.807, 2.05) is 43.3 Å². The third-order valence-corrected chi connectivity index (χ3v) is 2.21. The maximum atomic E-state index is 11.1. The minimum atomic E-state index is 0.117. The molecule has 0 aliphatic rings. The van der Waals surface area contributed by atoms with Crippen molar-refractivity contribution in [1.82, 2.24) is 0 Å². The third kappa shape index (κ3) is 3.95. The van der Waals surface area contributed by atoms with Crippen molar-refractivity contribution in [2.45, 2.75) is 6.92 Å². The molecule has 1 rings (SSSR count). The second-order valence-corrected chi connectivity index (χ2v) is 3.76. The number of hydrogen-bond acceptors (Lipinski definition) is 2. The first-order valence-corrected chi connectivity index (χ1v) is 5.21. The van der Waals surface area contributed by atoms with Gasteiger partial charge in [0.05, 0.1) is 0 Å². The van der Waals surface area contributed by atoms with Crippen LogP contribution in [0, 0.1) is 0 Å². The van der Waals surface area contributed by atoms with Crippen LogP contribution in [-0.2, 0) is 4.79 Å². The Hall–Kier alpha value is -1.02. The molecule has 0 atom stereocenters.